The third kappa shape index (κ3) is 6.27. The van der Waals surface area contributed by atoms with E-state index in [1.807, 2.05) is 6.92 Å². The van der Waals surface area contributed by atoms with Gasteiger partial charge in [0.25, 0.3) is 10.2 Å². The highest BCUT2D eigenvalue weighted by molar-refractivity contribution is 7.87. The van der Waals surface area contributed by atoms with E-state index < -0.39 is 10.2 Å². The third-order valence-electron chi connectivity index (χ3n) is 2.69. The lowest BCUT2D eigenvalue weighted by Crippen LogP contribution is -2.39. The maximum absolute atomic E-state index is 12.0. The molecule has 0 spiro atoms. The van der Waals surface area contributed by atoms with Gasteiger partial charge in [-0.2, -0.15) is 17.4 Å². The molecule has 0 radical (unpaired) electrons. The number of rotatable bonds is 9. The highest BCUT2D eigenvalue weighted by Crippen LogP contribution is 2.11. The lowest BCUT2D eigenvalue weighted by molar-refractivity contribution is 0.439. The van der Waals surface area contributed by atoms with Crippen LogP contribution in [-0.4, -0.2) is 43.9 Å². The Bertz CT molecular complexity index is 499. The van der Waals surface area contributed by atoms with E-state index in [4.69, 9.17) is 0 Å². The number of aromatic nitrogens is 1. The second-order valence-electron chi connectivity index (χ2n) is 4.97. The molecule has 0 atom stereocenters. The van der Waals surface area contributed by atoms with Gasteiger partial charge in [0.15, 0.2) is 0 Å². The Morgan fingerprint density at radius 2 is 2.15 bits per heavy atom. The van der Waals surface area contributed by atoms with Crippen molar-refractivity contribution in [1.82, 2.24) is 19.3 Å². The average molecular weight is 320 g/mol. The Kier molecular flexibility index (Phi) is 7.04. The van der Waals surface area contributed by atoms with Crippen LogP contribution in [0.15, 0.2) is 6.20 Å². The van der Waals surface area contributed by atoms with E-state index in [2.05, 4.69) is 28.9 Å². The van der Waals surface area contributed by atoms with Crippen LogP contribution in [0.2, 0.25) is 0 Å². The Hall–Kier alpha value is -0.540. The van der Waals surface area contributed by atoms with Gasteiger partial charge in [-0.3, -0.25) is 0 Å². The Balaban J connectivity index is 2.35. The number of nitrogens with zero attached hydrogens (tertiary/aromatic N) is 2. The van der Waals surface area contributed by atoms with E-state index in [-0.39, 0.29) is 6.54 Å². The molecular formula is C12H24N4O2S2. The minimum absolute atomic E-state index is 0.245. The van der Waals surface area contributed by atoms with Gasteiger partial charge in [0.2, 0.25) is 0 Å². The molecule has 0 aliphatic carbocycles. The summed E-state index contributed by atoms with van der Waals surface area (Å²) >= 11 is 1.50. The molecule has 6 nitrogen and oxygen atoms in total. The zero-order valence-electron chi connectivity index (χ0n) is 12.5. The summed E-state index contributed by atoms with van der Waals surface area (Å²) in [6, 6.07) is 0.420. The van der Waals surface area contributed by atoms with E-state index in [1.54, 1.807) is 13.2 Å². The van der Waals surface area contributed by atoms with Crippen LogP contribution in [0.25, 0.3) is 0 Å². The van der Waals surface area contributed by atoms with Crippen molar-refractivity contribution in [3.63, 3.8) is 0 Å². The SMILES string of the molecule is Cc1cnc(CNS(=O)(=O)N(C)CCCNC(C)C)s1. The smallest absolute Gasteiger partial charge is 0.279 e. The lowest BCUT2D eigenvalue weighted by Gasteiger charge is -2.17. The van der Waals surface area contributed by atoms with Gasteiger partial charge < -0.3 is 5.32 Å². The predicted molar refractivity (Wildman–Crippen MR) is 83.0 cm³/mol. The van der Waals surface area contributed by atoms with Crippen molar-refractivity contribution in [3.05, 3.63) is 16.1 Å². The summed E-state index contributed by atoms with van der Waals surface area (Å²) in [5.41, 5.74) is 0. The molecule has 0 aliphatic heterocycles. The number of aryl methyl sites for hydroxylation is 1. The molecule has 20 heavy (non-hydrogen) atoms. The van der Waals surface area contributed by atoms with Crippen molar-refractivity contribution in [3.8, 4) is 0 Å². The quantitative estimate of drug-likeness (QED) is 0.668. The normalized spacial score (nSPS) is 12.5. The van der Waals surface area contributed by atoms with Crippen LogP contribution >= 0.6 is 11.3 Å². The molecule has 0 fully saturated rings. The van der Waals surface area contributed by atoms with Gasteiger partial charge in [-0.05, 0) is 19.9 Å². The molecule has 2 N–H and O–H groups in total. The Morgan fingerprint density at radius 3 is 2.70 bits per heavy atom. The maximum Gasteiger partial charge on any atom is 0.279 e. The van der Waals surface area contributed by atoms with Gasteiger partial charge in [-0.15, -0.1) is 11.3 Å². The fraction of sp³-hybridized carbons (Fsp3) is 0.750. The van der Waals surface area contributed by atoms with E-state index in [1.165, 1.54) is 15.6 Å². The molecule has 0 amide bonds. The number of nitrogens with one attached hydrogen (secondary N) is 2. The van der Waals surface area contributed by atoms with Crippen molar-refractivity contribution < 1.29 is 8.42 Å². The zero-order valence-corrected chi connectivity index (χ0v) is 14.1. The summed E-state index contributed by atoms with van der Waals surface area (Å²) in [7, 11) is -1.84. The number of hydrogen-bond acceptors (Lipinski definition) is 5. The molecule has 0 aromatic carbocycles. The van der Waals surface area contributed by atoms with Crippen molar-refractivity contribution >= 4 is 21.5 Å². The average Bonchev–Trinajstić information content (AvgIpc) is 2.77. The van der Waals surface area contributed by atoms with Gasteiger partial charge in [0, 0.05) is 30.7 Å². The van der Waals surface area contributed by atoms with Crippen LogP contribution in [0.1, 0.15) is 30.2 Å². The van der Waals surface area contributed by atoms with Crippen LogP contribution in [0.4, 0.5) is 0 Å². The van der Waals surface area contributed by atoms with Gasteiger partial charge in [0.05, 0.1) is 6.54 Å². The van der Waals surface area contributed by atoms with Crippen LogP contribution in [0, 0.1) is 6.92 Å². The number of hydrogen-bond donors (Lipinski definition) is 2. The first-order chi connectivity index (χ1) is 9.31. The highest BCUT2D eigenvalue weighted by atomic mass is 32.2. The number of thiazole rings is 1. The standard InChI is InChI=1S/C12H24N4O2S2/c1-10(2)13-6-5-7-16(4)20(17,18)15-9-12-14-8-11(3)19-12/h8,10,13,15H,5-7,9H2,1-4H3. The van der Waals surface area contributed by atoms with Crippen molar-refractivity contribution in [2.45, 2.75) is 39.8 Å². The largest absolute Gasteiger partial charge is 0.314 e. The summed E-state index contributed by atoms with van der Waals surface area (Å²) in [4.78, 5) is 5.21. The molecule has 1 rings (SSSR count). The van der Waals surface area contributed by atoms with Gasteiger partial charge in [-0.25, -0.2) is 4.98 Å². The second-order valence-corrected chi connectivity index (χ2v) is 8.16. The summed E-state index contributed by atoms with van der Waals surface area (Å²) in [5, 5.41) is 4.04. The molecule has 0 bridgehead atoms. The first kappa shape index (κ1) is 17.5. The Morgan fingerprint density at radius 1 is 1.45 bits per heavy atom. The van der Waals surface area contributed by atoms with Crippen LogP contribution in [0.3, 0.4) is 0 Å². The molecule has 1 aromatic heterocycles. The lowest BCUT2D eigenvalue weighted by atomic mass is 10.3. The summed E-state index contributed by atoms with van der Waals surface area (Å²) in [6.45, 7) is 7.63. The molecule has 0 unspecified atom stereocenters. The summed E-state index contributed by atoms with van der Waals surface area (Å²) in [5.74, 6) is 0. The zero-order chi connectivity index (χ0) is 15.2. The third-order valence-corrected chi connectivity index (χ3v) is 5.11. The topological polar surface area (TPSA) is 74.3 Å². The molecular weight excluding hydrogens is 296 g/mol. The molecule has 1 aromatic rings. The molecule has 116 valence electrons. The van der Waals surface area contributed by atoms with Crippen LogP contribution < -0.4 is 10.0 Å². The van der Waals surface area contributed by atoms with Crippen LogP contribution in [-0.2, 0) is 16.8 Å². The predicted octanol–water partition coefficient (Wildman–Crippen LogP) is 1.11. The van der Waals surface area contributed by atoms with Gasteiger partial charge in [-0.1, -0.05) is 13.8 Å². The molecule has 0 saturated carbocycles. The molecule has 0 saturated heterocycles. The van der Waals surface area contributed by atoms with E-state index >= 15 is 0 Å². The highest BCUT2D eigenvalue weighted by Gasteiger charge is 2.17. The summed E-state index contributed by atoms with van der Waals surface area (Å²) < 4.78 is 27.9. The monoisotopic (exact) mass is 320 g/mol. The van der Waals surface area contributed by atoms with Crippen molar-refractivity contribution in [2.24, 2.45) is 0 Å². The van der Waals surface area contributed by atoms with E-state index in [0.717, 1.165) is 22.9 Å². The second kappa shape index (κ2) is 8.04. The maximum atomic E-state index is 12.0. The van der Waals surface area contributed by atoms with Crippen molar-refractivity contribution in [2.75, 3.05) is 20.1 Å². The van der Waals surface area contributed by atoms with Gasteiger partial charge in [0.1, 0.15) is 5.01 Å². The molecule has 1 heterocycles. The van der Waals surface area contributed by atoms with E-state index in [9.17, 15) is 8.42 Å². The van der Waals surface area contributed by atoms with Gasteiger partial charge >= 0.3 is 0 Å². The molecule has 0 aliphatic rings. The fourth-order valence-electron chi connectivity index (χ4n) is 1.56. The van der Waals surface area contributed by atoms with Crippen molar-refractivity contribution in [1.29, 1.82) is 0 Å². The first-order valence-electron chi connectivity index (χ1n) is 6.67. The molecule has 8 heteroatoms. The Labute approximate surface area is 125 Å². The first-order valence-corrected chi connectivity index (χ1v) is 8.92. The fourth-order valence-corrected chi connectivity index (χ4v) is 3.29. The summed E-state index contributed by atoms with van der Waals surface area (Å²) in [6.07, 6.45) is 2.53. The minimum Gasteiger partial charge on any atom is -0.314 e. The van der Waals surface area contributed by atoms with Crippen LogP contribution in [0.5, 0.6) is 0 Å². The minimum atomic E-state index is -3.43. The van der Waals surface area contributed by atoms with E-state index in [0.29, 0.717) is 12.6 Å².